The van der Waals surface area contributed by atoms with Crippen molar-refractivity contribution < 1.29 is 14.7 Å². The van der Waals surface area contributed by atoms with Gasteiger partial charge in [0.05, 0.1) is 0 Å². The van der Waals surface area contributed by atoms with Gasteiger partial charge in [-0.15, -0.1) is 0 Å². The van der Waals surface area contributed by atoms with Crippen molar-refractivity contribution in [3.8, 4) is 0 Å². The number of carboxylic acid groups (broad SMARTS) is 1. The normalized spacial score (nSPS) is 21.4. The number of rotatable bonds is 4. The summed E-state index contributed by atoms with van der Waals surface area (Å²) in [6.07, 6.45) is 3.24. The second kappa shape index (κ2) is 5.49. The smallest absolute Gasteiger partial charge is 0.326 e. The number of likely N-dealkylation sites (tertiary alicyclic amines) is 1. The molecular weight excluding hydrogens is 220 g/mol. The van der Waals surface area contributed by atoms with Gasteiger partial charge in [0.2, 0.25) is 5.91 Å². The molecule has 0 spiro atoms. The summed E-state index contributed by atoms with van der Waals surface area (Å²) in [4.78, 5) is 24.5. The van der Waals surface area contributed by atoms with Gasteiger partial charge in [0.1, 0.15) is 6.04 Å². The van der Waals surface area contributed by atoms with Crippen LogP contribution in [0.1, 0.15) is 46.0 Å². The van der Waals surface area contributed by atoms with Gasteiger partial charge < -0.3 is 15.7 Å². The average Bonchev–Trinajstić information content (AvgIpc) is 2.25. The van der Waals surface area contributed by atoms with Gasteiger partial charge in [0.25, 0.3) is 0 Å². The molecule has 0 radical (unpaired) electrons. The van der Waals surface area contributed by atoms with E-state index >= 15 is 0 Å². The Morgan fingerprint density at radius 3 is 2.59 bits per heavy atom. The summed E-state index contributed by atoms with van der Waals surface area (Å²) < 4.78 is 0. The van der Waals surface area contributed by atoms with Gasteiger partial charge in [-0.3, -0.25) is 4.79 Å². The van der Waals surface area contributed by atoms with E-state index in [-0.39, 0.29) is 11.4 Å². The summed E-state index contributed by atoms with van der Waals surface area (Å²) in [7, 11) is 0. The van der Waals surface area contributed by atoms with Crippen LogP contribution >= 0.6 is 0 Å². The molecule has 0 aliphatic carbocycles. The Balaban J connectivity index is 2.56. The number of carbonyl (C=O) groups excluding carboxylic acids is 1. The van der Waals surface area contributed by atoms with E-state index in [0.717, 1.165) is 12.8 Å². The number of hydrogen-bond donors (Lipinski definition) is 2. The van der Waals surface area contributed by atoms with Crippen molar-refractivity contribution in [2.24, 2.45) is 5.73 Å². The predicted molar refractivity (Wildman–Crippen MR) is 64.5 cm³/mol. The van der Waals surface area contributed by atoms with Gasteiger partial charge in [-0.2, -0.15) is 0 Å². The number of carboxylic acids is 1. The Morgan fingerprint density at radius 1 is 1.41 bits per heavy atom. The highest BCUT2D eigenvalue weighted by atomic mass is 16.4. The summed E-state index contributed by atoms with van der Waals surface area (Å²) in [5, 5.41) is 9.07. The minimum atomic E-state index is -0.898. The summed E-state index contributed by atoms with van der Waals surface area (Å²) in [5.41, 5.74) is 5.44. The van der Waals surface area contributed by atoms with Gasteiger partial charge in [0.15, 0.2) is 0 Å². The minimum absolute atomic E-state index is 0.0874. The van der Waals surface area contributed by atoms with Crippen LogP contribution in [-0.2, 0) is 9.59 Å². The summed E-state index contributed by atoms with van der Waals surface area (Å²) in [5.74, 6) is -0.985. The van der Waals surface area contributed by atoms with Crippen LogP contribution in [0.5, 0.6) is 0 Å². The molecule has 1 atom stereocenters. The number of aliphatic carboxylic acids is 1. The number of nitrogens with two attached hydrogens (primary N) is 1. The first kappa shape index (κ1) is 14.0. The van der Waals surface area contributed by atoms with E-state index < -0.39 is 12.0 Å². The molecule has 17 heavy (non-hydrogen) atoms. The molecule has 1 aliphatic rings. The highest BCUT2D eigenvalue weighted by Gasteiger charge is 2.31. The number of nitrogens with zero attached hydrogens (tertiary/aromatic N) is 1. The largest absolute Gasteiger partial charge is 0.480 e. The first-order valence-corrected chi connectivity index (χ1v) is 6.12. The van der Waals surface area contributed by atoms with E-state index in [1.165, 1.54) is 4.90 Å². The van der Waals surface area contributed by atoms with Crippen molar-refractivity contribution >= 4 is 11.9 Å². The topological polar surface area (TPSA) is 83.6 Å². The molecule has 3 N–H and O–H groups in total. The van der Waals surface area contributed by atoms with E-state index in [4.69, 9.17) is 10.8 Å². The Hall–Kier alpha value is -1.10. The molecule has 5 heteroatoms. The van der Waals surface area contributed by atoms with Gasteiger partial charge in [0, 0.05) is 18.5 Å². The second-order valence-corrected chi connectivity index (χ2v) is 5.43. The van der Waals surface area contributed by atoms with Crippen molar-refractivity contribution in [2.45, 2.75) is 57.5 Å². The van der Waals surface area contributed by atoms with Crippen molar-refractivity contribution in [2.75, 3.05) is 6.54 Å². The Morgan fingerprint density at radius 2 is 2.06 bits per heavy atom. The molecular formula is C12H22N2O3. The fourth-order valence-electron chi connectivity index (χ4n) is 2.06. The van der Waals surface area contributed by atoms with Gasteiger partial charge in [-0.25, -0.2) is 4.79 Å². The SMILES string of the molecule is CC(C)(N)CCC(=O)N1CCCCC1C(=O)O. The second-order valence-electron chi connectivity index (χ2n) is 5.43. The molecule has 0 saturated carbocycles. The molecule has 1 fully saturated rings. The van der Waals surface area contributed by atoms with Crippen molar-refractivity contribution in [1.29, 1.82) is 0 Å². The lowest BCUT2D eigenvalue weighted by molar-refractivity contribution is -0.152. The Kier molecular flexibility index (Phi) is 4.51. The molecule has 1 unspecified atom stereocenters. The highest BCUT2D eigenvalue weighted by molar-refractivity contribution is 5.83. The van der Waals surface area contributed by atoms with Crippen molar-refractivity contribution in [3.05, 3.63) is 0 Å². The van der Waals surface area contributed by atoms with E-state index in [1.54, 1.807) is 0 Å². The Bertz CT molecular complexity index is 297. The van der Waals surface area contributed by atoms with Crippen LogP contribution in [0.25, 0.3) is 0 Å². The van der Waals surface area contributed by atoms with Gasteiger partial charge in [-0.05, 0) is 39.5 Å². The third-order valence-corrected chi connectivity index (χ3v) is 3.09. The zero-order chi connectivity index (χ0) is 13.1. The molecule has 1 saturated heterocycles. The summed E-state index contributed by atoms with van der Waals surface area (Å²) in [6, 6.07) is -0.642. The molecule has 0 aromatic carbocycles. The zero-order valence-corrected chi connectivity index (χ0v) is 10.6. The van der Waals surface area contributed by atoms with Crippen LogP contribution in [0.3, 0.4) is 0 Å². The third-order valence-electron chi connectivity index (χ3n) is 3.09. The van der Waals surface area contributed by atoms with Crippen LogP contribution in [0.15, 0.2) is 0 Å². The zero-order valence-electron chi connectivity index (χ0n) is 10.6. The van der Waals surface area contributed by atoms with Crippen molar-refractivity contribution in [3.63, 3.8) is 0 Å². The maximum absolute atomic E-state index is 12.0. The lowest BCUT2D eigenvalue weighted by Gasteiger charge is -2.33. The maximum Gasteiger partial charge on any atom is 0.326 e. The van der Waals surface area contributed by atoms with Gasteiger partial charge >= 0.3 is 5.97 Å². The first-order valence-electron chi connectivity index (χ1n) is 6.12. The molecule has 5 nitrogen and oxygen atoms in total. The third kappa shape index (κ3) is 4.34. The number of hydrogen-bond acceptors (Lipinski definition) is 3. The lowest BCUT2D eigenvalue weighted by Crippen LogP contribution is -2.48. The minimum Gasteiger partial charge on any atom is -0.480 e. The van der Waals surface area contributed by atoms with Crippen LogP contribution in [0.4, 0.5) is 0 Å². The molecule has 1 rings (SSSR count). The fourth-order valence-corrected chi connectivity index (χ4v) is 2.06. The van der Waals surface area contributed by atoms with E-state index in [9.17, 15) is 9.59 Å². The lowest BCUT2D eigenvalue weighted by atomic mass is 9.97. The van der Waals surface area contributed by atoms with Crippen LogP contribution in [-0.4, -0.2) is 40.0 Å². The average molecular weight is 242 g/mol. The molecule has 1 aliphatic heterocycles. The van der Waals surface area contributed by atoms with E-state index in [1.807, 2.05) is 13.8 Å². The van der Waals surface area contributed by atoms with Gasteiger partial charge in [-0.1, -0.05) is 0 Å². The van der Waals surface area contributed by atoms with E-state index in [2.05, 4.69) is 0 Å². The fraction of sp³-hybridized carbons (Fsp3) is 0.833. The standard InChI is InChI=1S/C12H22N2O3/c1-12(2,13)7-6-10(15)14-8-4-3-5-9(14)11(16)17/h9H,3-8,13H2,1-2H3,(H,16,17). The maximum atomic E-state index is 12.0. The molecule has 0 bridgehead atoms. The van der Waals surface area contributed by atoms with E-state index in [0.29, 0.717) is 25.8 Å². The van der Waals surface area contributed by atoms with Crippen LogP contribution in [0.2, 0.25) is 0 Å². The molecule has 1 amide bonds. The quantitative estimate of drug-likeness (QED) is 0.769. The van der Waals surface area contributed by atoms with Crippen LogP contribution < -0.4 is 5.73 Å². The van der Waals surface area contributed by atoms with Crippen LogP contribution in [0, 0.1) is 0 Å². The predicted octanol–water partition coefficient (Wildman–Crippen LogP) is 0.970. The first-order chi connectivity index (χ1) is 7.81. The summed E-state index contributed by atoms with van der Waals surface area (Å²) >= 11 is 0. The molecule has 0 aromatic rings. The Labute approximate surface area is 102 Å². The molecule has 98 valence electrons. The number of piperidine rings is 1. The highest BCUT2D eigenvalue weighted by Crippen LogP contribution is 2.19. The van der Waals surface area contributed by atoms with Crippen molar-refractivity contribution in [1.82, 2.24) is 4.90 Å². The number of carbonyl (C=O) groups is 2. The monoisotopic (exact) mass is 242 g/mol. The molecule has 0 aromatic heterocycles. The number of amides is 1. The molecule has 1 heterocycles. The summed E-state index contributed by atoms with van der Waals surface area (Å²) in [6.45, 7) is 4.29.